The number of H-pyrrole nitrogens is 1. The number of fused-ring (bicyclic) bond motifs is 2. The Morgan fingerprint density at radius 1 is 1.12 bits per heavy atom. The van der Waals surface area contributed by atoms with Gasteiger partial charge in [-0.3, -0.25) is 9.78 Å². The summed E-state index contributed by atoms with van der Waals surface area (Å²) in [5, 5.41) is 17.4. The second-order valence-electron chi connectivity index (χ2n) is 7.27. The van der Waals surface area contributed by atoms with Gasteiger partial charge in [-0.25, -0.2) is 4.98 Å². The highest BCUT2D eigenvalue weighted by molar-refractivity contribution is 5.92. The van der Waals surface area contributed by atoms with Crippen molar-refractivity contribution in [2.45, 2.75) is 0 Å². The van der Waals surface area contributed by atoms with Crippen molar-refractivity contribution in [3.8, 4) is 17.4 Å². The molecule has 32 heavy (non-hydrogen) atoms. The van der Waals surface area contributed by atoms with Crippen molar-refractivity contribution in [1.82, 2.24) is 24.8 Å². The van der Waals surface area contributed by atoms with Crippen LogP contribution in [0.3, 0.4) is 0 Å². The molecule has 5 rings (SSSR count). The molecule has 0 aliphatic carbocycles. The SMILES string of the molecule is CNC(=O)c1cc(Oc2ccc3c(c2)nc(Nc2ccc4c[nH]c(O)c4c2)n3C)ccn1. The number of carbonyl (C=O) groups excluding carboxylic acids is 1. The standard InChI is InChI=1S/C23H20N6O3/c1-24-22(31)19-11-16(7-8-25-19)32-15-5-6-20-18(10-15)28-23(29(20)2)27-14-4-3-13-12-26-21(30)17(13)9-14/h3-12,26,30H,1-2H3,(H,24,31)(H,27,28). The van der Waals surface area contributed by atoms with Crippen molar-refractivity contribution in [3.05, 3.63) is 66.6 Å². The van der Waals surface area contributed by atoms with E-state index in [-0.39, 0.29) is 17.5 Å². The highest BCUT2D eigenvalue weighted by Gasteiger charge is 2.12. The number of amides is 1. The average Bonchev–Trinajstić information content (AvgIpc) is 3.32. The Labute approximate surface area is 182 Å². The number of aryl methyl sites for hydroxylation is 1. The van der Waals surface area contributed by atoms with Crippen LogP contribution in [-0.2, 0) is 7.05 Å². The molecule has 5 aromatic rings. The van der Waals surface area contributed by atoms with Crippen LogP contribution in [0.15, 0.2) is 60.9 Å². The van der Waals surface area contributed by atoms with Crippen LogP contribution in [0.4, 0.5) is 11.6 Å². The van der Waals surface area contributed by atoms with Gasteiger partial charge in [-0.15, -0.1) is 0 Å². The molecule has 0 fully saturated rings. The molecule has 3 heterocycles. The van der Waals surface area contributed by atoms with Crippen molar-refractivity contribution in [3.63, 3.8) is 0 Å². The number of aromatic nitrogens is 4. The zero-order chi connectivity index (χ0) is 22.2. The van der Waals surface area contributed by atoms with E-state index in [1.54, 1.807) is 25.4 Å². The van der Waals surface area contributed by atoms with Crippen LogP contribution < -0.4 is 15.4 Å². The number of anilines is 2. The Balaban J connectivity index is 1.42. The number of benzene rings is 2. The molecule has 160 valence electrons. The summed E-state index contributed by atoms with van der Waals surface area (Å²) in [6.45, 7) is 0. The molecule has 0 unspecified atom stereocenters. The number of nitrogens with one attached hydrogen (secondary N) is 3. The Bertz CT molecular complexity index is 1470. The van der Waals surface area contributed by atoms with Gasteiger partial charge in [0.2, 0.25) is 5.95 Å². The Morgan fingerprint density at radius 3 is 2.81 bits per heavy atom. The maximum Gasteiger partial charge on any atom is 0.269 e. The maximum absolute atomic E-state index is 11.8. The van der Waals surface area contributed by atoms with E-state index in [2.05, 4.69) is 25.6 Å². The number of hydrogen-bond donors (Lipinski definition) is 4. The third-order valence-electron chi connectivity index (χ3n) is 5.21. The zero-order valence-corrected chi connectivity index (χ0v) is 17.4. The number of rotatable bonds is 5. The predicted molar refractivity (Wildman–Crippen MR) is 122 cm³/mol. The van der Waals surface area contributed by atoms with Gasteiger partial charge in [-0.2, -0.15) is 0 Å². The normalized spacial score (nSPS) is 11.1. The fourth-order valence-corrected chi connectivity index (χ4v) is 3.54. The lowest BCUT2D eigenvalue weighted by atomic mass is 10.2. The number of pyridine rings is 1. The first-order chi connectivity index (χ1) is 15.5. The first kappa shape index (κ1) is 19.4. The van der Waals surface area contributed by atoms with E-state index in [1.807, 2.05) is 48.0 Å². The minimum atomic E-state index is -0.280. The van der Waals surface area contributed by atoms with E-state index < -0.39 is 0 Å². The van der Waals surface area contributed by atoms with Crippen LogP contribution in [0, 0.1) is 0 Å². The van der Waals surface area contributed by atoms with Crippen molar-refractivity contribution in [2.24, 2.45) is 7.05 Å². The summed E-state index contributed by atoms with van der Waals surface area (Å²) in [7, 11) is 3.47. The maximum atomic E-state index is 11.8. The van der Waals surface area contributed by atoms with Crippen molar-refractivity contribution in [2.75, 3.05) is 12.4 Å². The number of nitrogens with zero attached hydrogens (tertiary/aromatic N) is 3. The number of hydrogen-bond acceptors (Lipinski definition) is 6. The zero-order valence-electron chi connectivity index (χ0n) is 17.4. The third kappa shape index (κ3) is 3.45. The smallest absolute Gasteiger partial charge is 0.269 e. The summed E-state index contributed by atoms with van der Waals surface area (Å²) < 4.78 is 7.86. The van der Waals surface area contributed by atoms with Crippen LogP contribution in [0.5, 0.6) is 17.4 Å². The van der Waals surface area contributed by atoms with E-state index in [0.717, 1.165) is 27.5 Å². The summed E-state index contributed by atoms with van der Waals surface area (Å²) in [4.78, 5) is 23.3. The molecule has 9 nitrogen and oxygen atoms in total. The summed E-state index contributed by atoms with van der Waals surface area (Å²) in [5.41, 5.74) is 2.76. The monoisotopic (exact) mass is 428 g/mol. The largest absolute Gasteiger partial charge is 0.494 e. The van der Waals surface area contributed by atoms with Crippen molar-refractivity contribution in [1.29, 1.82) is 0 Å². The minimum Gasteiger partial charge on any atom is -0.494 e. The Morgan fingerprint density at radius 2 is 1.97 bits per heavy atom. The number of ether oxygens (including phenoxy) is 1. The first-order valence-electron chi connectivity index (χ1n) is 9.91. The Hall–Kier alpha value is -4.53. The molecule has 2 aromatic carbocycles. The molecule has 0 aliphatic heterocycles. The molecule has 0 spiro atoms. The molecule has 9 heteroatoms. The lowest BCUT2D eigenvalue weighted by Gasteiger charge is -2.07. The molecule has 0 radical (unpaired) electrons. The van der Waals surface area contributed by atoms with Gasteiger partial charge in [0.15, 0.2) is 5.88 Å². The van der Waals surface area contributed by atoms with E-state index in [1.165, 1.54) is 6.20 Å². The fourth-order valence-electron chi connectivity index (χ4n) is 3.54. The molecule has 0 atom stereocenters. The van der Waals surface area contributed by atoms with Crippen LogP contribution >= 0.6 is 0 Å². The van der Waals surface area contributed by atoms with E-state index in [4.69, 9.17) is 4.74 Å². The van der Waals surface area contributed by atoms with Gasteiger partial charge in [-0.1, -0.05) is 6.07 Å². The van der Waals surface area contributed by atoms with Gasteiger partial charge in [0, 0.05) is 55.1 Å². The molecule has 0 bridgehead atoms. The second kappa shape index (κ2) is 7.62. The second-order valence-corrected chi connectivity index (χ2v) is 7.27. The number of aromatic hydroxyl groups is 1. The van der Waals surface area contributed by atoms with Crippen LogP contribution in [0.1, 0.15) is 10.5 Å². The molecule has 3 aromatic heterocycles. The molecule has 0 aliphatic rings. The predicted octanol–water partition coefficient (Wildman–Crippen LogP) is 4.05. The van der Waals surface area contributed by atoms with Gasteiger partial charge in [0.1, 0.15) is 17.2 Å². The quantitative estimate of drug-likeness (QED) is 0.336. The lowest BCUT2D eigenvalue weighted by molar-refractivity contribution is 0.0958. The van der Waals surface area contributed by atoms with Crippen LogP contribution in [0.25, 0.3) is 21.8 Å². The first-order valence-corrected chi connectivity index (χ1v) is 9.91. The number of imidazole rings is 1. The van der Waals surface area contributed by atoms with Crippen molar-refractivity contribution < 1.29 is 14.6 Å². The third-order valence-corrected chi connectivity index (χ3v) is 5.21. The molecule has 0 saturated heterocycles. The average molecular weight is 428 g/mol. The minimum absolute atomic E-state index is 0.131. The summed E-state index contributed by atoms with van der Waals surface area (Å²) >= 11 is 0. The van der Waals surface area contributed by atoms with E-state index in [0.29, 0.717) is 17.4 Å². The van der Waals surface area contributed by atoms with Gasteiger partial charge in [0.25, 0.3) is 5.91 Å². The highest BCUT2D eigenvalue weighted by atomic mass is 16.5. The van der Waals surface area contributed by atoms with E-state index in [9.17, 15) is 9.90 Å². The summed E-state index contributed by atoms with van der Waals surface area (Å²) in [6.07, 6.45) is 3.28. The van der Waals surface area contributed by atoms with Gasteiger partial charge in [0.05, 0.1) is 11.0 Å². The fraction of sp³-hybridized carbons (Fsp3) is 0.0870. The highest BCUT2D eigenvalue weighted by Crippen LogP contribution is 2.30. The van der Waals surface area contributed by atoms with Gasteiger partial charge < -0.3 is 30.0 Å². The number of carbonyl (C=O) groups is 1. The molecule has 0 saturated carbocycles. The van der Waals surface area contributed by atoms with E-state index >= 15 is 0 Å². The van der Waals surface area contributed by atoms with Crippen molar-refractivity contribution >= 4 is 39.3 Å². The molecule has 1 amide bonds. The topological polar surface area (TPSA) is 117 Å². The van der Waals surface area contributed by atoms with Gasteiger partial charge >= 0.3 is 0 Å². The molecular formula is C23H20N6O3. The summed E-state index contributed by atoms with van der Waals surface area (Å²) in [5.74, 6) is 1.60. The Kier molecular flexibility index (Phi) is 4.63. The summed E-state index contributed by atoms with van der Waals surface area (Å²) in [6, 6.07) is 14.6. The molecular weight excluding hydrogens is 408 g/mol. The van der Waals surface area contributed by atoms with Crippen LogP contribution in [-0.4, -0.2) is 37.6 Å². The number of aromatic amines is 1. The lowest BCUT2D eigenvalue weighted by Crippen LogP contribution is -2.18. The van der Waals surface area contributed by atoms with Gasteiger partial charge in [-0.05, 0) is 30.3 Å². The molecule has 4 N–H and O–H groups in total. The van der Waals surface area contributed by atoms with Crippen LogP contribution in [0.2, 0.25) is 0 Å².